The van der Waals surface area contributed by atoms with Crippen molar-refractivity contribution in [2.45, 2.75) is 20.8 Å². The van der Waals surface area contributed by atoms with E-state index in [1.807, 2.05) is 13.0 Å². The Morgan fingerprint density at radius 1 is 1.06 bits per heavy atom. The number of hydrogen-bond donors (Lipinski definition) is 3. The molecule has 0 saturated carbocycles. The molecule has 0 aliphatic carbocycles. The fraction of sp³-hybridized carbons (Fsp3) is 0.261. The van der Waals surface area contributed by atoms with Gasteiger partial charge in [-0.3, -0.25) is 19.1 Å². The van der Waals surface area contributed by atoms with E-state index in [-0.39, 0.29) is 31.0 Å². The summed E-state index contributed by atoms with van der Waals surface area (Å²) >= 11 is 0. The van der Waals surface area contributed by atoms with E-state index < -0.39 is 7.60 Å². The Morgan fingerprint density at radius 2 is 1.76 bits per heavy atom. The summed E-state index contributed by atoms with van der Waals surface area (Å²) in [5.41, 5.74) is 2.29. The van der Waals surface area contributed by atoms with Crippen LogP contribution < -0.4 is 20.9 Å². The van der Waals surface area contributed by atoms with Crippen molar-refractivity contribution in [1.82, 2.24) is 9.97 Å². The predicted octanol–water partition coefficient (Wildman–Crippen LogP) is 4.68. The Kier molecular flexibility index (Phi) is 8.59. The first kappa shape index (κ1) is 25.2. The van der Waals surface area contributed by atoms with Gasteiger partial charge in [-0.1, -0.05) is 6.07 Å². The van der Waals surface area contributed by atoms with Crippen LogP contribution in [-0.4, -0.2) is 35.4 Å². The summed E-state index contributed by atoms with van der Waals surface area (Å²) in [6.07, 6.45) is 1.18. The molecule has 34 heavy (non-hydrogen) atoms. The third-order valence-corrected chi connectivity index (χ3v) is 6.33. The van der Waals surface area contributed by atoms with Crippen molar-refractivity contribution in [3.63, 3.8) is 0 Å². The van der Waals surface area contributed by atoms with Crippen LogP contribution in [0.5, 0.6) is 5.75 Å². The van der Waals surface area contributed by atoms with Crippen LogP contribution in [0.4, 0.5) is 17.3 Å². The number of anilines is 3. The molecule has 0 radical (unpaired) electrons. The number of hydrogen-bond acceptors (Lipinski definition) is 8. The van der Waals surface area contributed by atoms with E-state index in [9.17, 15) is 14.2 Å². The highest BCUT2D eigenvalue weighted by molar-refractivity contribution is 7.53. The molecule has 10 nitrogen and oxygen atoms in total. The molecule has 1 aromatic heterocycles. The lowest BCUT2D eigenvalue weighted by Crippen LogP contribution is -2.12. The second-order valence-corrected chi connectivity index (χ2v) is 9.13. The topological polar surface area (TPSA) is 132 Å². The molecule has 11 heteroatoms. The van der Waals surface area contributed by atoms with Crippen molar-refractivity contribution in [2.75, 3.05) is 30.2 Å². The van der Waals surface area contributed by atoms with Crippen LogP contribution >= 0.6 is 7.60 Å². The molecule has 0 unspecified atom stereocenters. The number of carbonyl (C=O) groups is 1. The second-order valence-electron chi connectivity index (χ2n) is 7.14. The van der Waals surface area contributed by atoms with Gasteiger partial charge in [0.1, 0.15) is 5.75 Å². The minimum Gasteiger partial charge on any atom is -0.481 e. The number of nitrogens with zero attached hydrogens (tertiary/aromatic N) is 1. The van der Waals surface area contributed by atoms with Gasteiger partial charge in [-0.2, -0.15) is 0 Å². The van der Waals surface area contributed by atoms with Crippen molar-refractivity contribution in [3.8, 4) is 5.75 Å². The maximum Gasteiger partial charge on any atom is 0.367 e. The highest BCUT2D eigenvalue weighted by Crippen LogP contribution is 2.47. The zero-order chi connectivity index (χ0) is 24.6. The number of amides is 1. The van der Waals surface area contributed by atoms with Gasteiger partial charge < -0.3 is 24.4 Å². The lowest BCUT2D eigenvalue weighted by atomic mass is 10.1. The molecule has 3 aromatic rings. The molecule has 180 valence electrons. The van der Waals surface area contributed by atoms with Crippen molar-refractivity contribution in [2.24, 2.45) is 0 Å². The van der Waals surface area contributed by atoms with Gasteiger partial charge in [0.15, 0.2) is 6.35 Å². The first-order valence-corrected chi connectivity index (χ1v) is 12.4. The molecule has 3 N–H and O–H groups in total. The Balaban J connectivity index is 1.64. The molecule has 0 bridgehead atoms. The second kappa shape index (κ2) is 11.6. The Bertz CT molecular complexity index is 1220. The smallest absolute Gasteiger partial charge is 0.367 e. The summed E-state index contributed by atoms with van der Waals surface area (Å²) in [7, 11) is -3.33. The van der Waals surface area contributed by atoms with E-state index >= 15 is 0 Å². The molecule has 0 atom stereocenters. The van der Waals surface area contributed by atoms with Crippen molar-refractivity contribution in [3.05, 3.63) is 76.2 Å². The Hall–Kier alpha value is -3.46. The molecule has 1 amide bonds. The van der Waals surface area contributed by atoms with Gasteiger partial charge in [0.25, 0.3) is 11.5 Å². The molecular formula is C23H27N4O6P. The minimum atomic E-state index is -3.33. The van der Waals surface area contributed by atoms with E-state index in [4.69, 9.17) is 13.8 Å². The van der Waals surface area contributed by atoms with Crippen LogP contribution in [0.25, 0.3) is 0 Å². The van der Waals surface area contributed by atoms with Crippen LogP contribution in [0, 0.1) is 6.92 Å². The average Bonchev–Trinajstić information content (AvgIpc) is 2.81. The Labute approximate surface area is 197 Å². The third-order valence-electron chi connectivity index (χ3n) is 4.58. The van der Waals surface area contributed by atoms with Gasteiger partial charge in [0.2, 0.25) is 5.95 Å². The molecule has 0 fully saturated rings. The van der Waals surface area contributed by atoms with Gasteiger partial charge in [-0.25, -0.2) is 4.98 Å². The number of carbonyl (C=O) groups excluding carboxylic acids is 1. The molecule has 2 aromatic carbocycles. The van der Waals surface area contributed by atoms with Crippen LogP contribution in [0.3, 0.4) is 0 Å². The fourth-order valence-corrected chi connectivity index (χ4v) is 4.28. The van der Waals surface area contributed by atoms with Gasteiger partial charge in [-0.05, 0) is 62.7 Å². The normalized spacial score (nSPS) is 11.1. The number of benzene rings is 2. The van der Waals surface area contributed by atoms with Gasteiger partial charge in [0, 0.05) is 29.2 Å². The SMILES string of the molecule is CCOP(=O)(COc1ccc(C(=O)Nc2ccc(C)c(Nc3nccc(=O)[nH]3)c2)cc1)OCC. The summed E-state index contributed by atoms with van der Waals surface area (Å²) < 4.78 is 28.4. The number of aryl methyl sites for hydroxylation is 1. The van der Waals surface area contributed by atoms with Gasteiger partial charge in [0.05, 0.1) is 13.2 Å². The maximum atomic E-state index is 12.7. The highest BCUT2D eigenvalue weighted by Gasteiger charge is 2.24. The first-order chi connectivity index (χ1) is 16.3. The van der Waals surface area contributed by atoms with Crippen LogP contribution in [0.1, 0.15) is 29.8 Å². The fourth-order valence-electron chi connectivity index (χ4n) is 2.96. The van der Waals surface area contributed by atoms with Crippen LogP contribution in [0.2, 0.25) is 0 Å². The molecule has 0 spiro atoms. The quantitative estimate of drug-likeness (QED) is 0.333. The molecular weight excluding hydrogens is 459 g/mol. The number of aromatic nitrogens is 2. The average molecular weight is 486 g/mol. The van der Waals surface area contributed by atoms with Gasteiger partial charge >= 0.3 is 7.60 Å². The third kappa shape index (κ3) is 7.02. The first-order valence-electron chi connectivity index (χ1n) is 10.7. The van der Waals surface area contributed by atoms with Crippen molar-refractivity contribution >= 4 is 30.8 Å². The number of nitrogens with one attached hydrogen (secondary N) is 3. The highest BCUT2D eigenvalue weighted by atomic mass is 31.2. The number of H-pyrrole nitrogens is 1. The van der Waals surface area contributed by atoms with Gasteiger partial charge in [-0.15, -0.1) is 0 Å². The molecule has 3 rings (SSSR count). The van der Waals surface area contributed by atoms with E-state index in [1.165, 1.54) is 12.3 Å². The molecule has 0 saturated heterocycles. The molecule has 0 aliphatic heterocycles. The number of ether oxygens (including phenoxy) is 1. The summed E-state index contributed by atoms with van der Waals surface area (Å²) in [5, 5.41) is 5.88. The summed E-state index contributed by atoms with van der Waals surface area (Å²) in [6, 6.07) is 13.1. The largest absolute Gasteiger partial charge is 0.481 e. The van der Waals surface area contributed by atoms with E-state index in [0.29, 0.717) is 28.6 Å². The molecule has 0 aliphatic rings. The van der Waals surface area contributed by atoms with Crippen molar-refractivity contribution < 1.29 is 23.1 Å². The standard InChI is InChI=1S/C23H27N4O6P/c1-4-32-34(30,33-5-2)15-31-19-10-7-17(8-11-19)22(29)25-18-9-6-16(3)20(14-18)26-23-24-13-12-21(28)27-23/h6-14H,4-5,15H2,1-3H3,(H,25,29)(H2,24,26,27,28). The zero-order valence-corrected chi connectivity index (χ0v) is 20.1. The summed E-state index contributed by atoms with van der Waals surface area (Å²) in [5.74, 6) is 0.414. The zero-order valence-electron chi connectivity index (χ0n) is 19.2. The monoisotopic (exact) mass is 486 g/mol. The lowest BCUT2D eigenvalue weighted by Gasteiger charge is -2.17. The number of aromatic amines is 1. The van der Waals surface area contributed by atoms with E-state index in [2.05, 4.69) is 20.6 Å². The predicted molar refractivity (Wildman–Crippen MR) is 130 cm³/mol. The van der Waals surface area contributed by atoms with Crippen LogP contribution in [0.15, 0.2) is 59.5 Å². The van der Waals surface area contributed by atoms with E-state index in [1.54, 1.807) is 50.2 Å². The lowest BCUT2D eigenvalue weighted by molar-refractivity contribution is 0.102. The van der Waals surface area contributed by atoms with Crippen LogP contribution in [-0.2, 0) is 13.6 Å². The van der Waals surface area contributed by atoms with E-state index in [0.717, 1.165) is 5.56 Å². The van der Waals surface area contributed by atoms with Crippen molar-refractivity contribution in [1.29, 1.82) is 0 Å². The molecule has 1 heterocycles. The Morgan fingerprint density at radius 3 is 2.41 bits per heavy atom. The minimum absolute atomic E-state index is 0.221. The summed E-state index contributed by atoms with van der Waals surface area (Å²) in [6.45, 7) is 5.84. The maximum absolute atomic E-state index is 12.7. The number of rotatable bonds is 11. The summed E-state index contributed by atoms with van der Waals surface area (Å²) in [4.78, 5) is 30.8.